The highest BCUT2D eigenvalue weighted by Gasteiger charge is 2.25. The van der Waals surface area contributed by atoms with Crippen molar-refractivity contribution in [3.8, 4) is 0 Å². The Morgan fingerprint density at radius 2 is 1.68 bits per heavy atom. The third kappa shape index (κ3) is 3.69. The van der Waals surface area contributed by atoms with Gasteiger partial charge in [-0.2, -0.15) is 4.39 Å². The molecule has 1 aromatic heterocycles. The van der Waals surface area contributed by atoms with E-state index >= 15 is 0 Å². The van der Waals surface area contributed by atoms with E-state index in [0.717, 1.165) is 12.3 Å². The van der Waals surface area contributed by atoms with Crippen molar-refractivity contribution in [2.45, 2.75) is 0 Å². The summed E-state index contributed by atoms with van der Waals surface area (Å²) in [5.74, 6) is -7.30. The van der Waals surface area contributed by atoms with Crippen molar-refractivity contribution >= 4 is 17.8 Å². The van der Waals surface area contributed by atoms with Crippen molar-refractivity contribution in [1.82, 2.24) is 9.88 Å². The molecule has 0 radical (unpaired) electrons. The number of carboxylic acid groups (broad SMARTS) is 2. The van der Waals surface area contributed by atoms with Crippen molar-refractivity contribution in [3.05, 3.63) is 29.6 Å². The second-order valence-corrected chi connectivity index (χ2v) is 3.41. The first-order chi connectivity index (χ1) is 8.82. The zero-order valence-electron chi connectivity index (χ0n) is 9.34. The SMILES string of the molecule is O=C(O)CN(CC(=O)O)C(=O)c1ccnc(F)c1F. The van der Waals surface area contributed by atoms with Gasteiger partial charge < -0.3 is 15.1 Å². The molecule has 1 aromatic rings. The second kappa shape index (κ2) is 5.85. The molecule has 0 bridgehead atoms. The maximum Gasteiger partial charge on any atom is 0.323 e. The van der Waals surface area contributed by atoms with Gasteiger partial charge in [0.2, 0.25) is 5.95 Å². The number of amides is 1. The molecule has 0 aliphatic rings. The molecule has 0 aliphatic carbocycles. The van der Waals surface area contributed by atoms with Gasteiger partial charge in [0.25, 0.3) is 5.91 Å². The normalized spacial score (nSPS) is 10.0. The minimum absolute atomic E-state index is 0.364. The van der Waals surface area contributed by atoms with Gasteiger partial charge in [0.1, 0.15) is 13.1 Å². The molecule has 0 aliphatic heterocycles. The van der Waals surface area contributed by atoms with Crippen LogP contribution in [0, 0.1) is 11.8 Å². The molecule has 0 atom stereocenters. The highest BCUT2D eigenvalue weighted by atomic mass is 19.2. The van der Waals surface area contributed by atoms with Crippen molar-refractivity contribution in [3.63, 3.8) is 0 Å². The number of nitrogens with zero attached hydrogens (tertiary/aromatic N) is 2. The number of aromatic nitrogens is 1. The van der Waals surface area contributed by atoms with Gasteiger partial charge in [0.15, 0.2) is 5.82 Å². The van der Waals surface area contributed by atoms with E-state index in [2.05, 4.69) is 4.98 Å². The van der Waals surface area contributed by atoms with E-state index in [1.54, 1.807) is 0 Å². The summed E-state index contributed by atoms with van der Waals surface area (Å²) in [4.78, 5) is 36.1. The van der Waals surface area contributed by atoms with Gasteiger partial charge in [-0.3, -0.25) is 14.4 Å². The predicted molar refractivity (Wildman–Crippen MR) is 55.3 cm³/mol. The van der Waals surface area contributed by atoms with Crippen LogP contribution in [0.2, 0.25) is 0 Å². The van der Waals surface area contributed by atoms with Crippen LogP contribution in [0.1, 0.15) is 10.4 Å². The van der Waals surface area contributed by atoms with Gasteiger partial charge in [-0.1, -0.05) is 0 Å². The zero-order chi connectivity index (χ0) is 14.6. The molecular weight excluding hydrogens is 266 g/mol. The van der Waals surface area contributed by atoms with E-state index in [0.29, 0.717) is 4.90 Å². The average molecular weight is 274 g/mol. The smallest absolute Gasteiger partial charge is 0.323 e. The molecule has 0 spiro atoms. The summed E-state index contributed by atoms with van der Waals surface area (Å²) in [5, 5.41) is 17.1. The lowest BCUT2D eigenvalue weighted by Gasteiger charge is -2.18. The molecule has 2 N–H and O–H groups in total. The van der Waals surface area contributed by atoms with Crippen molar-refractivity contribution in [2.75, 3.05) is 13.1 Å². The minimum Gasteiger partial charge on any atom is -0.480 e. The molecule has 1 amide bonds. The van der Waals surface area contributed by atoms with Crippen LogP contribution in [-0.4, -0.2) is 51.0 Å². The molecule has 0 saturated carbocycles. The predicted octanol–water partition coefficient (Wildman–Crippen LogP) is -0.0288. The van der Waals surface area contributed by atoms with Crippen LogP contribution < -0.4 is 0 Å². The van der Waals surface area contributed by atoms with E-state index in [-0.39, 0.29) is 0 Å². The quantitative estimate of drug-likeness (QED) is 0.730. The lowest BCUT2D eigenvalue weighted by molar-refractivity contribution is -0.140. The Bertz CT molecular complexity index is 519. The Kier molecular flexibility index (Phi) is 4.46. The van der Waals surface area contributed by atoms with E-state index < -0.39 is 48.3 Å². The number of aliphatic carboxylic acids is 2. The molecule has 1 heterocycles. The van der Waals surface area contributed by atoms with Gasteiger partial charge in [0, 0.05) is 6.20 Å². The van der Waals surface area contributed by atoms with Gasteiger partial charge >= 0.3 is 11.9 Å². The third-order valence-electron chi connectivity index (χ3n) is 2.02. The first-order valence-corrected chi connectivity index (χ1v) is 4.85. The Morgan fingerprint density at radius 1 is 1.16 bits per heavy atom. The average Bonchev–Trinajstić information content (AvgIpc) is 2.30. The first kappa shape index (κ1) is 14.5. The summed E-state index contributed by atoms with van der Waals surface area (Å²) in [6.07, 6.45) is 0.811. The van der Waals surface area contributed by atoms with Crippen LogP contribution >= 0.6 is 0 Å². The number of rotatable bonds is 5. The summed E-state index contributed by atoms with van der Waals surface area (Å²) < 4.78 is 26.1. The largest absolute Gasteiger partial charge is 0.480 e. The lowest BCUT2D eigenvalue weighted by Crippen LogP contribution is -2.39. The first-order valence-electron chi connectivity index (χ1n) is 4.85. The number of hydrogen-bond acceptors (Lipinski definition) is 4. The van der Waals surface area contributed by atoms with Gasteiger partial charge in [-0.15, -0.1) is 0 Å². The fourth-order valence-corrected chi connectivity index (χ4v) is 1.28. The Balaban J connectivity index is 3.07. The molecule has 102 valence electrons. The Labute approximate surface area is 105 Å². The third-order valence-corrected chi connectivity index (χ3v) is 2.02. The van der Waals surface area contributed by atoms with E-state index in [1.165, 1.54) is 0 Å². The van der Waals surface area contributed by atoms with Crippen LogP contribution in [0.4, 0.5) is 8.78 Å². The summed E-state index contributed by atoms with van der Waals surface area (Å²) in [6.45, 7) is -1.90. The Morgan fingerprint density at radius 3 is 2.16 bits per heavy atom. The standard InChI is InChI=1S/C10H8F2N2O5/c11-8-5(1-2-13-9(8)12)10(19)14(3-6(15)16)4-7(17)18/h1-2H,3-4H2,(H,15,16)(H,17,18). The number of hydrogen-bond donors (Lipinski definition) is 2. The van der Waals surface area contributed by atoms with Crippen molar-refractivity contribution in [2.24, 2.45) is 0 Å². The fourth-order valence-electron chi connectivity index (χ4n) is 1.28. The van der Waals surface area contributed by atoms with Gasteiger partial charge in [-0.25, -0.2) is 9.37 Å². The zero-order valence-corrected chi connectivity index (χ0v) is 9.34. The highest BCUT2D eigenvalue weighted by Crippen LogP contribution is 2.11. The molecule has 1 rings (SSSR count). The summed E-state index contributed by atoms with van der Waals surface area (Å²) in [5.41, 5.74) is -0.782. The van der Waals surface area contributed by atoms with E-state index in [9.17, 15) is 23.2 Å². The number of carbonyl (C=O) groups excluding carboxylic acids is 1. The monoisotopic (exact) mass is 274 g/mol. The molecular formula is C10H8F2N2O5. The van der Waals surface area contributed by atoms with Gasteiger partial charge in [-0.05, 0) is 6.07 Å². The molecule has 0 aromatic carbocycles. The fraction of sp³-hybridized carbons (Fsp3) is 0.200. The molecule has 0 fully saturated rings. The number of pyridine rings is 1. The summed E-state index contributed by atoms with van der Waals surface area (Å²) >= 11 is 0. The summed E-state index contributed by atoms with van der Waals surface area (Å²) in [7, 11) is 0. The van der Waals surface area contributed by atoms with Crippen LogP contribution in [0.25, 0.3) is 0 Å². The second-order valence-electron chi connectivity index (χ2n) is 3.41. The molecule has 0 saturated heterocycles. The molecule has 0 unspecified atom stereocenters. The van der Waals surface area contributed by atoms with Crippen LogP contribution in [-0.2, 0) is 9.59 Å². The number of halogens is 2. The maximum atomic E-state index is 13.3. The molecule has 19 heavy (non-hydrogen) atoms. The van der Waals surface area contributed by atoms with E-state index in [1.807, 2.05) is 0 Å². The van der Waals surface area contributed by atoms with Gasteiger partial charge in [0.05, 0.1) is 5.56 Å². The summed E-state index contributed by atoms with van der Waals surface area (Å²) in [6, 6.07) is 0.831. The minimum atomic E-state index is -1.56. The number of carbonyl (C=O) groups is 3. The molecule has 7 nitrogen and oxygen atoms in total. The van der Waals surface area contributed by atoms with Crippen molar-refractivity contribution in [1.29, 1.82) is 0 Å². The molecule has 9 heteroatoms. The van der Waals surface area contributed by atoms with E-state index in [4.69, 9.17) is 10.2 Å². The Hall–Kier alpha value is -2.58. The lowest BCUT2D eigenvalue weighted by atomic mass is 10.2. The van der Waals surface area contributed by atoms with Crippen molar-refractivity contribution < 1.29 is 33.4 Å². The highest BCUT2D eigenvalue weighted by molar-refractivity contribution is 5.97. The van der Waals surface area contributed by atoms with Crippen LogP contribution in [0.5, 0.6) is 0 Å². The van der Waals surface area contributed by atoms with Crippen LogP contribution in [0.15, 0.2) is 12.3 Å². The topological polar surface area (TPSA) is 108 Å². The number of carboxylic acids is 2. The van der Waals surface area contributed by atoms with Crippen LogP contribution in [0.3, 0.4) is 0 Å². The maximum absolute atomic E-state index is 13.3.